The highest BCUT2D eigenvalue weighted by Crippen LogP contribution is 2.20. The van der Waals surface area contributed by atoms with Crippen molar-refractivity contribution < 1.29 is 23.2 Å². The topological polar surface area (TPSA) is 108 Å². The summed E-state index contributed by atoms with van der Waals surface area (Å²) in [4.78, 5) is 11.6. The Morgan fingerprint density at radius 1 is 1.36 bits per heavy atom. The molecule has 1 atom stereocenters. The van der Waals surface area contributed by atoms with Gasteiger partial charge in [-0.2, -0.15) is 4.31 Å². The normalized spacial score (nSPS) is 20.2. The third-order valence-corrected chi connectivity index (χ3v) is 5.46. The van der Waals surface area contributed by atoms with Crippen molar-refractivity contribution in [2.75, 3.05) is 26.7 Å². The molecule has 1 aliphatic rings. The van der Waals surface area contributed by atoms with Crippen LogP contribution in [0.3, 0.4) is 0 Å². The number of nitrogens with one attached hydrogen (secondary N) is 2. The molecule has 8 nitrogen and oxygen atoms in total. The number of benzene rings is 1. The van der Waals surface area contributed by atoms with Crippen molar-refractivity contribution in [1.82, 2.24) is 15.1 Å². The van der Waals surface area contributed by atoms with E-state index in [1.54, 1.807) is 17.6 Å². The minimum Gasteiger partial charge on any atom is -0.497 e. The summed E-state index contributed by atoms with van der Waals surface area (Å²) in [6.45, 7) is 0.774. The predicted molar refractivity (Wildman–Crippen MR) is 78.1 cm³/mol. The molecule has 0 radical (unpaired) electrons. The van der Waals surface area contributed by atoms with Gasteiger partial charge in [-0.3, -0.25) is 10.0 Å². The van der Waals surface area contributed by atoms with Gasteiger partial charge in [-0.15, -0.1) is 0 Å². The Morgan fingerprint density at radius 3 is 2.64 bits per heavy atom. The van der Waals surface area contributed by atoms with Crippen molar-refractivity contribution in [1.29, 1.82) is 0 Å². The summed E-state index contributed by atoms with van der Waals surface area (Å²) in [7, 11) is -2.11. The second kappa shape index (κ2) is 7.05. The molecule has 2 rings (SSSR count). The number of rotatable bonds is 4. The van der Waals surface area contributed by atoms with Crippen LogP contribution in [-0.4, -0.2) is 56.6 Å². The van der Waals surface area contributed by atoms with Crippen molar-refractivity contribution in [3.8, 4) is 5.75 Å². The number of ether oxygens (including phenoxy) is 1. The maximum atomic E-state index is 12.6. The molecule has 0 unspecified atom stereocenters. The molecule has 1 heterocycles. The number of amides is 1. The highest BCUT2D eigenvalue weighted by atomic mass is 32.2. The quantitative estimate of drug-likeness (QED) is 0.510. The Hall–Kier alpha value is -1.68. The molecule has 1 fully saturated rings. The van der Waals surface area contributed by atoms with Gasteiger partial charge in [0.1, 0.15) is 5.75 Å². The van der Waals surface area contributed by atoms with Gasteiger partial charge in [0.25, 0.3) is 5.91 Å². The SMILES string of the molecule is COc1ccc(S(=O)(=O)N2CCN[C@@H](C(=O)NO)CC2)cc1. The summed E-state index contributed by atoms with van der Waals surface area (Å²) in [6, 6.07) is 5.55. The van der Waals surface area contributed by atoms with E-state index in [9.17, 15) is 13.2 Å². The zero-order valence-electron chi connectivity index (χ0n) is 12.2. The summed E-state index contributed by atoms with van der Waals surface area (Å²) in [6.07, 6.45) is 0.280. The highest BCUT2D eigenvalue weighted by Gasteiger charge is 2.29. The zero-order valence-corrected chi connectivity index (χ0v) is 13.0. The van der Waals surface area contributed by atoms with Gasteiger partial charge >= 0.3 is 0 Å². The third-order valence-electron chi connectivity index (χ3n) is 3.54. The molecule has 122 valence electrons. The maximum absolute atomic E-state index is 12.6. The molecule has 3 N–H and O–H groups in total. The Kier molecular flexibility index (Phi) is 5.35. The Balaban J connectivity index is 2.13. The molecular formula is C13H19N3O5S. The smallest absolute Gasteiger partial charge is 0.260 e. The lowest BCUT2D eigenvalue weighted by Crippen LogP contribution is -2.43. The van der Waals surface area contributed by atoms with Gasteiger partial charge in [0.15, 0.2) is 0 Å². The van der Waals surface area contributed by atoms with Crippen LogP contribution in [0, 0.1) is 0 Å². The number of carbonyl (C=O) groups excluding carboxylic acids is 1. The Labute approximate surface area is 129 Å². The maximum Gasteiger partial charge on any atom is 0.260 e. The number of sulfonamides is 1. The molecule has 0 aliphatic carbocycles. The van der Waals surface area contributed by atoms with Gasteiger partial charge in [-0.05, 0) is 30.7 Å². The van der Waals surface area contributed by atoms with Crippen LogP contribution < -0.4 is 15.5 Å². The first kappa shape index (κ1) is 16.7. The van der Waals surface area contributed by atoms with E-state index in [1.807, 2.05) is 0 Å². The fourth-order valence-corrected chi connectivity index (χ4v) is 3.74. The van der Waals surface area contributed by atoms with E-state index in [1.165, 1.54) is 23.5 Å². The average molecular weight is 329 g/mol. The van der Waals surface area contributed by atoms with Gasteiger partial charge in [0.05, 0.1) is 18.0 Å². The molecule has 1 aliphatic heterocycles. The van der Waals surface area contributed by atoms with Gasteiger partial charge in [0.2, 0.25) is 10.0 Å². The summed E-state index contributed by atoms with van der Waals surface area (Å²) in [5, 5.41) is 11.6. The number of hydrogen-bond acceptors (Lipinski definition) is 6. The second-order valence-electron chi connectivity index (χ2n) is 4.85. The standard InChI is InChI=1S/C13H19N3O5S/c1-21-10-2-4-11(5-3-10)22(19,20)16-8-6-12(13(17)15-18)14-7-9-16/h2-5,12,14,18H,6-9H2,1H3,(H,15,17)/t12-/m1/s1. The lowest BCUT2D eigenvalue weighted by molar-refractivity contribution is -0.131. The predicted octanol–water partition coefficient (Wildman–Crippen LogP) is -0.447. The van der Waals surface area contributed by atoms with Crippen molar-refractivity contribution >= 4 is 15.9 Å². The van der Waals surface area contributed by atoms with E-state index in [0.717, 1.165) is 0 Å². The van der Waals surface area contributed by atoms with Crippen LogP contribution in [0.4, 0.5) is 0 Å². The number of carbonyl (C=O) groups is 1. The summed E-state index contributed by atoms with van der Waals surface area (Å²) in [5.41, 5.74) is 1.58. The van der Waals surface area contributed by atoms with Crippen molar-refractivity contribution in [3.05, 3.63) is 24.3 Å². The first-order valence-electron chi connectivity index (χ1n) is 6.80. The summed E-state index contributed by atoms with van der Waals surface area (Å²) >= 11 is 0. The van der Waals surface area contributed by atoms with Crippen molar-refractivity contribution in [2.45, 2.75) is 17.4 Å². The van der Waals surface area contributed by atoms with Crippen LogP contribution in [-0.2, 0) is 14.8 Å². The van der Waals surface area contributed by atoms with Crippen molar-refractivity contribution in [2.24, 2.45) is 0 Å². The van der Waals surface area contributed by atoms with Gasteiger partial charge < -0.3 is 10.1 Å². The largest absolute Gasteiger partial charge is 0.497 e. The van der Waals surface area contributed by atoms with E-state index < -0.39 is 22.0 Å². The van der Waals surface area contributed by atoms with Gasteiger partial charge in [-0.1, -0.05) is 0 Å². The van der Waals surface area contributed by atoms with E-state index in [2.05, 4.69) is 5.32 Å². The van der Waals surface area contributed by atoms with Gasteiger partial charge in [0, 0.05) is 19.6 Å². The number of methoxy groups -OCH3 is 1. The van der Waals surface area contributed by atoms with Crippen LogP contribution in [0.1, 0.15) is 6.42 Å². The van der Waals surface area contributed by atoms with Crippen LogP contribution in [0.15, 0.2) is 29.2 Å². The summed E-state index contributed by atoms with van der Waals surface area (Å²) in [5.74, 6) is 0.0138. The molecule has 1 aromatic rings. The first-order chi connectivity index (χ1) is 10.5. The lowest BCUT2D eigenvalue weighted by Gasteiger charge is -2.19. The molecular weight excluding hydrogens is 310 g/mol. The van der Waals surface area contributed by atoms with E-state index in [0.29, 0.717) is 12.3 Å². The molecule has 0 saturated carbocycles. The summed E-state index contributed by atoms with van der Waals surface area (Å²) < 4.78 is 31.5. The third kappa shape index (κ3) is 3.55. The van der Waals surface area contributed by atoms with E-state index in [-0.39, 0.29) is 24.4 Å². The molecule has 0 spiro atoms. The minimum atomic E-state index is -3.62. The van der Waals surface area contributed by atoms with Crippen LogP contribution >= 0.6 is 0 Å². The van der Waals surface area contributed by atoms with Gasteiger partial charge in [-0.25, -0.2) is 13.9 Å². The number of hydroxylamine groups is 1. The zero-order chi connectivity index (χ0) is 16.2. The molecule has 1 saturated heterocycles. The Morgan fingerprint density at radius 2 is 2.05 bits per heavy atom. The number of hydrogen-bond donors (Lipinski definition) is 3. The molecule has 0 aromatic heterocycles. The molecule has 22 heavy (non-hydrogen) atoms. The lowest BCUT2D eigenvalue weighted by atomic mass is 10.2. The van der Waals surface area contributed by atoms with Crippen LogP contribution in [0.2, 0.25) is 0 Å². The van der Waals surface area contributed by atoms with Crippen LogP contribution in [0.5, 0.6) is 5.75 Å². The molecule has 1 amide bonds. The monoisotopic (exact) mass is 329 g/mol. The van der Waals surface area contributed by atoms with E-state index >= 15 is 0 Å². The molecule has 1 aromatic carbocycles. The second-order valence-corrected chi connectivity index (χ2v) is 6.79. The average Bonchev–Trinajstić information content (AvgIpc) is 2.80. The van der Waals surface area contributed by atoms with Crippen molar-refractivity contribution in [3.63, 3.8) is 0 Å². The fourth-order valence-electron chi connectivity index (χ4n) is 2.29. The van der Waals surface area contributed by atoms with Crippen LogP contribution in [0.25, 0.3) is 0 Å². The molecule has 0 bridgehead atoms. The fraction of sp³-hybridized carbons (Fsp3) is 0.462. The minimum absolute atomic E-state index is 0.179. The number of nitrogens with zero attached hydrogens (tertiary/aromatic N) is 1. The Bertz CT molecular complexity index is 617. The first-order valence-corrected chi connectivity index (χ1v) is 8.24. The molecule has 9 heteroatoms. The van der Waals surface area contributed by atoms with E-state index in [4.69, 9.17) is 9.94 Å². The highest BCUT2D eigenvalue weighted by molar-refractivity contribution is 7.89.